The molecule has 3 N–H and O–H groups in total. The summed E-state index contributed by atoms with van der Waals surface area (Å²) < 4.78 is 11.9. The van der Waals surface area contributed by atoms with Crippen LogP contribution in [0.4, 0.5) is 4.79 Å². The Bertz CT molecular complexity index is 975. The molecule has 0 saturated carbocycles. The summed E-state index contributed by atoms with van der Waals surface area (Å²) in [5.41, 5.74) is 5.55. The molecule has 0 aliphatic heterocycles. The molecule has 0 aliphatic rings. The summed E-state index contributed by atoms with van der Waals surface area (Å²) in [6.07, 6.45) is 0. The van der Waals surface area contributed by atoms with Crippen LogP contribution in [0.3, 0.4) is 0 Å². The minimum absolute atomic E-state index is 0.0667. The van der Waals surface area contributed by atoms with E-state index in [0.29, 0.717) is 11.5 Å². The van der Waals surface area contributed by atoms with Crippen LogP contribution < -0.4 is 20.9 Å². The van der Waals surface area contributed by atoms with Crippen LogP contribution in [0.1, 0.15) is 34.8 Å². The molecule has 0 spiro atoms. The highest BCUT2D eigenvalue weighted by atomic mass is 79.9. The smallest absolute Gasteiger partial charge is 0.333 e. The SMILES string of the molecule is C[C@H](NC(=O)NNC(=O)c1ccc(COc2ccccc2)o1)c1cccc(Br)c1. The van der Waals surface area contributed by atoms with E-state index >= 15 is 0 Å². The number of ether oxygens (including phenoxy) is 1. The average Bonchev–Trinajstić information content (AvgIpc) is 3.20. The molecule has 1 heterocycles. The van der Waals surface area contributed by atoms with Crippen LogP contribution in [-0.2, 0) is 6.61 Å². The topological polar surface area (TPSA) is 92.6 Å². The van der Waals surface area contributed by atoms with Gasteiger partial charge in [-0.3, -0.25) is 10.2 Å². The van der Waals surface area contributed by atoms with Gasteiger partial charge < -0.3 is 14.5 Å². The van der Waals surface area contributed by atoms with Gasteiger partial charge in [0.15, 0.2) is 5.76 Å². The van der Waals surface area contributed by atoms with E-state index in [9.17, 15) is 9.59 Å². The summed E-state index contributed by atoms with van der Waals surface area (Å²) in [7, 11) is 0. The van der Waals surface area contributed by atoms with E-state index in [4.69, 9.17) is 9.15 Å². The zero-order chi connectivity index (χ0) is 20.6. The number of hydrogen-bond acceptors (Lipinski definition) is 4. The molecule has 0 saturated heterocycles. The third-order valence-corrected chi connectivity index (χ3v) is 4.49. The van der Waals surface area contributed by atoms with E-state index in [1.54, 1.807) is 6.07 Å². The monoisotopic (exact) mass is 457 g/mol. The Kier molecular flexibility index (Phi) is 6.91. The lowest BCUT2D eigenvalue weighted by atomic mass is 10.1. The molecule has 7 nitrogen and oxygen atoms in total. The second-order valence-corrected chi connectivity index (χ2v) is 7.11. The maximum Gasteiger partial charge on any atom is 0.333 e. The lowest BCUT2D eigenvalue weighted by molar-refractivity contribution is 0.0904. The zero-order valence-electron chi connectivity index (χ0n) is 15.6. The number of halogens is 1. The Labute approximate surface area is 176 Å². The molecule has 0 unspecified atom stereocenters. The summed E-state index contributed by atoms with van der Waals surface area (Å²) in [4.78, 5) is 24.2. The number of rotatable bonds is 6. The second-order valence-electron chi connectivity index (χ2n) is 6.20. The van der Waals surface area contributed by atoms with Gasteiger partial charge in [-0.1, -0.05) is 46.3 Å². The molecule has 0 radical (unpaired) electrons. The van der Waals surface area contributed by atoms with E-state index < -0.39 is 11.9 Å². The Morgan fingerprint density at radius 3 is 2.59 bits per heavy atom. The molecule has 29 heavy (non-hydrogen) atoms. The fourth-order valence-corrected chi connectivity index (χ4v) is 2.93. The lowest BCUT2D eigenvalue weighted by Crippen LogP contribution is -2.47. The van der Waals surface area contributed by atoms with Crippen LogP contribution in [-0.4, -0.2) is 11.9 Å². The molecule has 2 aromatic carbocycles. The van der Waals surface area contributed by atoms with Gasteiger partial charge in [0.1, 0.15) is 18.1 Å². The van der Waals surface area contributed by atoms with Crippen molar-refractivity contribution in [2.24, 2.45) is 0 Å². The van der Waals surface area contributed by atoms with Crippen LogP contribution in [0.2, 0.25) is 0 Å². The number of hydrogen-bond donors (Lipinski definition) is 3. The second kappa shape index (κ2) is 9.79. The molecule has 0 fully saturated rings. The third kappa shape index (κ3) is 6.11. The van der Waals surface area contributed by atoms with Crippen LogP contribution in [0.5, 0.6) is 5.75 Å². The summed E-state index contributed by atoms with van der Waals surface area (Å²) in [5, 5.41) is 2.74. The fourth-order valence-electron chi connectivity index (χ4n) is 2.52. The predicted molar refractivity (Wildman–Crippen MR) is 111 cm³/mol. The highest BCUT2D eigenvalue weighted by Gasteiger charge is 2.14. The fraction of sp³-hybridized carbons (Fsp3) is 0.143. The van der Waals surface area contributed by atoms with E-state index in [0.717, 1.165) is 10.0 Å². The molecule has 1 atom stereocenters. The van der Waals surface area contributed by atoms with Crippen LogP contribution in [0.15, 0.2) is 75.6 Å². The van der Waals surface area contributed by atoms with Gasteiger partial charge >= 0.3 is 11.9 Å². The number of carbonyl (C=O) groups excluding carboxylic acids is 2. The van der Waals surface area contributed by atoms with Crippen molar-refractivity contribution in [2.75, 3.05) is 0 Å². The average molecular weight is 458 g/mol. The first-order chi connectivity index (χ1) is 14.0. The molecule has 0 aliphatic carbocycles. The van der Waals surface area contributed by atoms with Gasteiger partial charge in [0, 0.05) is 4.47 Å². The Morgan fingerprint density at radius 1 is 1.03 bits per heavy atom. The van der Waals surface area contributed by atoms with Crippen molar-refractivity contribution in [3.8, 4) is 5.75 Å². The van der Waals surface area contributed by atoms with E-state index in [1.165, 1.54) is 6.07 Å². The Morgan fingerprint density at radius 2 is 1.83 bits per heavy atom. The highest BCUT2D eigenvalue weighted by molar-refractivity contribution is 9.10. The minimum Gasteiger partial charge on any atom is -0.486 e. The van der Waals surface area contributed by atoms with Gasteiger partial charge in [-0.25, -0.2) is 10.2 Å². The molecule has 8 heteroatoms. The maximum atomic E-state index is 12.1. The number of hydrazine groups is 1. The lowest BCUT2D eigenvalue weighted by Gasteiger charge is -2.15. The summed E-state index contributed by atoms with van der Waals surface area (Å²) in [5.74, 6) is 0.692. The summed E-state index contributed by atoms with van der Waals surface area (Å²) in [6, 6.07) is 19.3. The van der Waals surface area contributed by atoms with Crippen LogP contribution >= 0.6 is 15.9 Å². The molecule has 3 amide bonds. The van der Waals surface area contributed by atoms with Gasteiger partial charge in [-0.2, -0.15) is 0 Å². The molecule has 1 aromatic heterocycles. The molecule has 3 rings (SSSR count). The Hall–Kier alpha value is -3.26. The number of benzene rings is 2. The minimum atomic E-state index is -0.568. The molecule has 3 aromatic rings. The normalized spacial score (nSPS) is 11.4. The zero-order valence-corrected chi connectivity index (χ0v) is 17.2. The predicted octanol–water partition coefficient (Wildman–Crippen LogP) is 4.33. The molecular weight excluding hydrogens is 438 g/mol. The van der Waals surface area contributed by atoms with Crippen molar-refractivity contribution >= 4 is 27.9 Å². The van der Waals surface area contributed by atoms with Gasteiger partial charge in [0.2, 0.25) is 0 Å². The van der Waals surface area contributed by atoms with E-state index in [-0.39, 0.29) is 18.4 Å². The molecule has 0 bridgehead atoms. The summed E-state index contributed by atoms with van der Waals surface area (Å²) >= 11 is 3.39. The molecular formula is C21H20BrN3O4. The van der Waals surface area contributed by atoms with Gasteiger partial charge in [-0.05, 0) is 48.9 Å². The van der Waals surface area contributed by atoms with Crippen molar-refractivity contribution in [3.05, 3.63) is 88.3 Å². The number of furan rings is 1. The first-order valence-electron chi connectivity index (χ1n) is 8.90. The number of nitrogens with one attached hydrogen (secondary N) is 3. The highest BCUT2D eigenvalue weighted by Crippen LogP contribution is 2.17. The van der Waals surface area contributed by atoms with Crippen molar-refractivity contribution in [1.82, 2.24) is 16.2 Å². The molecule has 150 valence electrons. The number of para-hydroxylation sites is 1. The standard InChI is InChI=1S/C21H20BrN3O4/c1-14(15-6-5-7-16(22)12-15)23-21(27)25-24-20(26)19-11-10-18(29-19)13-28-17-8-3-2-4-9-17/h2-12,14H,13H2,1H3,(H,24,26)(H2,23,25,27)/t14-/m0/s1. The third-order valence-electron chi connectivity index (χ3n) is 4.00. The van der Waals surface area contributed by atoms with Crippen molar-refractivity contribution in [2.45, 2.75) is 19.6 Å². The number of carbonyl (C=O) groups is 2. The van der Waals surface area contributed by atoms with Crippen molar-refractivity contribution in [3.63, 3.8) is 0 Å². The maximum absolute atomic E-state index is 12.1. The number of amides is 3. The largest absolute Gasteiger partial charge is 0.486 e. The van der Waals surface area contributed by atoms with Crippen LogP contribution in [0.25, 0.3) is 0 Å². The van der Waals surface area contributed by atoms with Crippen molar-refractivity contribution in [1.29, 1.82) is 0 Å². The quantitative estimate of drug-likeness (QED) is 0.480. The first kappa shape index (κ1) is 20.5. The van der Waals surface area contributed by atoms with Gasteiger partial charge in [-0.15, -0.1) is 0 Å². The first-order valence-corrected chi connectivity index (χ1v) is 9.69. The number of urea groups is 1. The Balaban J connectivity index is 1.45. The van der Waals surface area contributed by atoms with E-state index in [1.807, 2.05) is 61.5 Å². The van der Waals surface area contributed by atoms with Crippen LogP contribution in [0, 0.1) is 0 Å². The van der Waals surface area contributed by atoms with Gasteiger partial charge in [0.05, 0.1) is 6.04 Å². The van der Waals surface area contributed by atoms with Gasteiger partial charge in [0.25, 0.3) is 0 Å². The summed E-state index contributed by atoms with van der Waals surface area (Å²) in [6.45, 7) is 2.03. The van der Waals surface area contributed by atoms with Crippen molar-refractivity contribution < 1.29 is 18.7 Å². The van der Waals surface area contributed by atoms with E-state index in [2.05, 4.69) is 32.1 Å².